The number of ether oxygens (including phenoxy) is 1. The Labute approximate surface area is 158 Å². The van der Waals surface area contributed by atoms with Gasteiger partial charge in [0.15, 0.2) is 0 Å². The first-order chi connectivity index (χ1) is 12.1. The number of hydrogen-bond acceptors (Lipinski definition) is 3. The van der Waals surface area contributed by atoms with Gasteiger partial charge in [-0.2, -0.15) is 0 Å². The maximum absolute atomic E-state index is 13.1. The largest absolute Gasteiger partial charge is 0.415 e. The molecule has 0 radical (unpaired) electrons. The fourth-order valence-electron chi connectivity index (χ4n) is 2.82. The van der Waals surface area contributed by atoms with Gasteiger partial charge in [-0.3, -0.25) is 4.79 Å². The molecule has 5 nitrogen and oxygen atoms in total. The summed E-state index contributed by atoms with van der Waals surface area (Å²) < 4.78 is 5.69. The van der Waals surface area contributed by atoms with Gasteiger partial charge in [0, 0.05) is 26.2 Å². The Balaban J connectivity index is 3.48. The first kappa shape index (κ1) is 22.0. The van der Waals surface area contributed by atoms with Crippen LogP contribution in [0.3, 0.4) is 0 Å². The third-order valence-corrected chi connectivity index (χ3v) is 4.63. The molecule has 0 fully saturated rings. The fraction of sp³-hybridized carbons (Fsp3) is 0.619. The summed E-state index contributed by atoms with van der Waals surface area (Å²) in [6.07, 6.45) is -0.421. The molecule has 0 saturated heterocycles. The third kappa shape index (κ3) is 4.99. The summed E-state index contributed by atoms with van der Waals surface area (Å²) in [6.45, 7) is 18.3. The Hall–Kier alpha value is -2.04. The van der Waals surface area contributed by atoms with Crippen molar-refractivity contribution in [1.82, 2.24) is 9.80 Å². The lowest BCUT2D eigenvalue weighted by molar-refractivity contribution is 0.0769. The SMILES string of the molecule is CCN(CC)C(=O)Oc1c(C)cc(C(C)(C)C)cc1C(=O)N(CC)CC. The minimum Gasteiger partial charge on any atom is -0.409 e. The molecule has 0 unspecified atom stereocenters. The second kappa shape index (κ2) is 9.06. The van der Waals surface area contributed by atoms with E-state index in [9.17, 15) is 9.59 Å². The first-order valence-corrected chi connectivity index (χ1v) is 9.51. The van der Waals surface area contributed by atoms with Gasteiger partial charge in [0.1, 0.15) is 5.75 Å². The number of benzene rings is 1. The highest BCUT2D eigenvalue weighted by molar-refractivity contribution is 5.98. The molecule has 2 amide bonds. The zero-order chi connectivity index (χ0) is 20.1. The summed E-state index contributed by atoms with van der Waals surface area (Å²) in [7, 11) is 0. The zero-order valence-electron chi connectivity index (χ0n) is 17.6. The minimum atomic E-state index is -0.421. The highest BCUT2D eigenvalue weighted by Gasteiger charge is 2.26. The summed E-state index contributed by atoms with van der Waals surface area (Å²) in [5.74, 6) is 0.262. The topological polar surface area (TPSA) is 49.9 Å². The molecule has 0 aliphatic rings. The Kier molecular flexibility index (Phi) is 7.67. The Morgan fingerprint density at radius 2 is 1.42 bits per heavy atom. The van der Waals surface area contributed by atoms with Crippen molar-refractivity contribution in [1.29, 1.82) is 0 Å². The third-order valence-electron chi connectivity index (χ3n) is 4.63. The molecule has 0 N–H and O–H groups in total. The second-order valence-corrected chi connectivity index (χ2v) is 7.44. The Morgan fingerprint density at radius 1 is 0.923 bits per heavy atom. The van der Waals surface area contributed by atoms with Gasteiger partial charge >= 0.3 is 6.09 Å². The van der Waals surface area contributed by atoms with Crippen molar-refractivity contribution in [3.05, 3.63) is 28.8 Å². The van der Waals surface area contributed by atoms with Crippen LogP contribution >= 0.6 is 0 Å². The molecular weight excluding hydrogens is 328 g/mol. The predicted octanol–water partition coefficient (Wildman–Crippen LogP) is 4.62. The van der Waals surface area contributed by atoms with Crippen LogP contribution in [0.25, 0.3) is 0 Å². The van der Waals surface area contributed by atoms with Crippen LogP contribution in [0.4, 0.5) is 4.79 Å². The van der Waals surface area contributed by atoms with Crippen LogP contribution in [0.5, 0.6) is 5.75 Å². The fourth-order valence-corrected chi connectivity index (χ4v) is 2.82. The molecule has 0 bridgehead atoms. The number of hydrogen-bond donors (Lipinski definition) is 0. The van der Waals surface area contributed by atoms with Gasteiger partial charge in [0.05, 0.1) is 5.56 Å². The standard InChI is InChI=1S/C21H34N2O3/c1-9-22(10-2)19(24)17-14-16(21(6,7)8)13-15(5)18(17)26-20(25)23(11-3)12-4/h13-14H,9-12H2,1-8H3. The maximum Gasteiger partial charge on any atom is 0.415 e. The molecule has 0 atom stereocenters. The zero-order valence-corrected chi connectivity index (χ0v) is 17.6. The van der Waals surface area contributed by atoms with E-state index in [0.29, 0.717) is 37.5 Å². The summed E-state index contributed by atoms with van der Waals surface area (Å²) in [5.41, 5.74) is 2.20. The number of aryl methyl sites for hydroxylation is 1. The predicted molar refractivity (Wildman–Crippen MR) is 106 cm³/mol. The highest BCUT2D eigenvalue weighted by atomic mass is 16.6. The van der Waals surface area contributed by atoms with Crippen molar-refractivity contribution in [3.8, 4) is 5.75 Å². The van der Waals surface area contributed by atoms with E-state index in [1.54, 1.807) is 9.80 Å². The number of rotatable bonds is 6. The van der Waals surface area contributed by atoms with Crippen LogP contribution < -0.4 is 4.74 Å². The summed E-state index contributed by atoms with van der Waals surface area (Å²) in [4.78, 5) is 28.9. The molecule has 26 heavy (non-hydrogen) atoms. The number of carbonyl (C=O) groups excluding carboxylic acids is 2. The molecule has 0 aliphatic heterocycles. The molecule has 146 valence electrons. The summed E-state index contributed by atoms with van der Waals surface area (Å²) >= 11 is 0. The number of amides is 2. The van der Waals surface area contributed by atoms with Crippen molar-refractivity contribution in [2.24, 2.45) is 0 Å². The van der Waals surface area contributed by atoms with Gasteiger partial charge in [-0.1, -0.05) is 26.8 Å². The van der Waals surface area contributed by atoms with E-state index in [2.05, 4.69) is 20.8 Å². The molecule has 0 heterocycles. The Bertz CT molecular complexity index is 639. The van der Waals surface area contributed by atoms with Gasteiger partial charge in [-0.15, -0.1) is 0 Å². The molecule has 5 heteroatoms. The normalized spacial score (nSPS) is 11.2. The van der Waals surface area contributed by atoms with E-state index in [1.807, 2.05) is 46.8 Å². The number of carbonyl (C=O) groups is 2. The van der Waals surface area contributed by atoms with E-state index < -0.39 is 6.09 Å². The molecule has 0 aliphatic carbocycles. The van der Waals surface area contributed by atoms with E-state index in [4.69, 9.17) is 4.74 Å². The molecule has 0 aromatic heterocycles. The van der Waals surface area contributed by atoms with Crippen LogP contribution in [-0.4, -0.2) is 48.0 Å². The van der Waals surface area contributed by atoms with Crippen LogP contribution in [0, 0.1) is 6.92 Å². The average Bonchev–Trinajstić information content (AvgIpc) is 2.57. The molecule has 1 rings (SSSR count). The smallest absolute Gasteiger partial charge is 0.409 e. The quantitative estimate of drug-likeness (QED) is 0.742. The number of nitrogens with zero attached hydrogens (tertiary/aromatic N) is 2. The van der Waals surface area contributed by atoms with Crippen molar-refractivity contribution in [3.63, 3.8) is 0 Å². The highest BCUT2D eigenvalue weighted by Crippen LogP contribution is 2.32. The summed E-state index contributed by atoms with van der Waals surface area (Å²) in [6, 6.07) is 3.88. The average molecular weight is 363 g/mol. The van der Waals surface area contributed by atoms with Crippen molar-refractivity contribution < 1.29 is 14.3 Å². The van der Waals surface area contributed by atoms with E-state index in [-0.39, 0.29) is 11.3 Å². The molecule has 1 aromatic rings. The first-order valence-electron chi connectivity index (χ1n) is 9.51. The lowest BCUT2D eigenvalue weighted by Gasteiger charge is -2.26. The van der Waals surface area contributed by atoms with Crippen molar-refractivity contribution in [2.75, 3.05) is 26.2 Å². The lowest BCUT2D eigenvalue weighted by atomic mass is 9.84. The van der Waals surface area contributed by atoms with Crippen LogP contribution in [0.1, 0.15) is 70.0 Å². The van der Waals surface area contributed by atoms with Crippen molar-refractivity contribution in [2.45, 2.75) is 60.8 Å². The summed E-state index contributed by atoms with van der Waals surface area (Å²) in [5, 5.41) is 0. The van der Waals surface area contributed by atoms with Gasteiger partial charge in [0.25, 0.3) is 5.91 Å². The van der Waals surface area contributed by atoms with Gasteiger partial charge in [0.2, 0.25) is 0 Å². The van der Waals surface area contributed by atoms with Gasteiger partial charge < -0.3 is 14.5 Å². The van der Waals surface area contributed by atoms with E-state index >= 15 is 0 Å². The lowest BCUT2D eigenvalue weighted by Crippen LogP contribution is -2.35. The van der Waals surface area contributed by atoms with Gasteiger partial charge in [-0.05, 0) is 57.2 Å². The van der Waals surface area contributed by atoms with Crippen molar-refractivity contribution >= 4 is 12.0 Å². The minimum absolute atomic E-state index is 0.105. The van der Waals surface area contributed by atoms with Crippen LogP contribution in [0.2, 0.25) is 0 Å². The monoisotopic (exact) mass is 362 g/mol. The molecular formula is C21H34N2O3. The second-order valence-electron chi connectivity index (χ2n) is 7.44. The molecule has 0 saturated carbocycles. The van der Waals surface area contributed by atoms with Gasteiger partial charge in [-0.25, -0.2) is 4.79 Å². The maximum atomic E-state index is 13.1. The molecule has 0 spiro atoms. The van der Waals surface area contributed by atoms with Crippen LogP contribution in [-0.2, 0) is 5.41 Å². The van der Waals surface area contributed by atoms with Crippen LogP contribution in [0.15, 0.2) is 12.1 Å². The van der Waals surface area contributed by atoms with E-state index in [0.717, 1.165) is 11.1 Å². The Morgan fingerprint density at radius 3 is 1.85 bits per heavy atom. The molecule has 1 aromatic carbocycles. The van der Waals surface area contributed by atoms with E-state index in [1.165, 1.54) is 0 Å².